The Bertz CT molecular complexity index is 881. The van der Waals surface area contributed by atoms with Crippen LogP contribution in [0.3, 0.4) is 0 Å². The number of aromatic nitrogens is 1. The van der Waals surface area contributed by atoms with E-state index >= 15 is 0 Å². The van der Waals surface area contributed by atoms with E-state index in [-0.39, 0.29) is 29.7 Å². The van der Waals surface area contributed by atoms with E-state index in [1.807, 2.05) is 26.8 Å². The fourth-order valence-corrected chi connectivity index (χ4v) is 2.89. The molecule has 0 bridgehead atoms. The van der Waals surface area contributed by atoms with E-state index in [0.717, 1.165) is 5.56 Å². The number of carbonyl (C=O) groups excluding carboxylic acids is 2. The van der Waals surface area contributed by atoms with E-state index in [2.05, 4.69) is 15.6 Å². The van der Waals surface area contributed by atoms with Crippen LogP contribution < -0.4 is 10.6 Å². The Morgan fingerprint density at radius 3 is 2.50 bits per heavy atom. The lowest BCUT2D eigenvalue weighted by Gasteiger charge is -2.16. The summed E-state index contributed by atoms with van der Waals surface area (Å²) in [6.07, 6.45) is 0. The maximum absolute atomic E-state index is 13.0. The number of methoxy groups -OCH3 is 1. The number of rotatable bonds is 7. The summed E-state index contributed by atoms with van der Waals surface area (Å²) in [7, 11) is 1.56. The Morgan fingerprint density at radius 1 is 1.14 bits per heavy atom. The number of ether oxygens (including phenoxy) is 1. The van der Waals surface area contributed by atoms with Crippen molar-refractivity contribution in [3.8, 4) is 0 Å². The SMILES string of the molecule is COCc1c(Cl)ccc(C)c1NC(=O)c1ccc(C)nc1C(=O)NCC(C)C. The molecule has 0 spiro atoms. The average molecular weight is 404 g/mol. The highest BCUT2D eigenvalue weighted by atomic mass is 35.5. The predicted octanol–water partition coefficient (Wildman–Crippen LogP) is 4.14. The molecule has 0 aliphatic carbocycles. The number of carbonyl (C=O) groups is 2. The number of nitrogens with one attached hydrogen (secondary N) is 2. The number of benzene rings is 1. The van der Waals surface area contributed by atoms with Crippen LogP contribution >= 0.6 is 11.6 Å². The first kappa shape index (κ1) is 21.9. The van der Waals surface area contributed by atoms with E-state index < -0.39 is 5.91 Å². The third kappa shape index (κ3) is 5.30. The number of aryl methyl sites for hydroxylation is 2. The topological polar surface area (TPSA) is 80.3 Å². The summed E-state index contributed by atoms with van der Waals surface area (Å²) >= 11 is 6.28. The van der Waals surface area contributed by atoms with Gasteiger partial charge in [-0.25, -0.2) is 4.98 Å². The lowest BCUT2D eigenvalue weighted by molar-refractivity contribution is 0.0931. The second-order valence-corrected chi connectivity index (χ2v) is 7.46. The van der Waals surface area contributed by atoms with Crippen molar-refractivity contribution in [3.63, 3.8) is 0 Å². The van der Waals surface area contributed by atoms with Crippen molar-refractivity contribution in [2.24, 2.45) is 5.92 Å². The lowest BCUT2D eigenvalue weighted by atomic mass is 10.1. The van der Waals surface area contributed by atoms with E-state index in [9.17, 15) is 9.59 Å². The molecule has 2 aromatic rings. The summed E-state index contributed by atoms with van der Waals surface area (Å²) in [5.74, 6) is -0.510. The van der Waals surface area contributed by atoms with Gasteiger partial charge in [-0.15, -0.1) is 0 Å². The monoisotopic (exact) mass is 403 g/mol. The van der Waals surface area contributed by atoms with Gasteiger partial charge < -0.3 is 15.4 Å². The fraction of sp³-hybridized carbons (Fsp3) is 0.381. The average Bonchev–Trinajstić information content (AvgIpc) is 2.65. The van der Waals surface area contributed by atoms with Crippen LogP contribution in [0.4, 0.5) is 5.69 Å². The molecule has 2 N–H and O–H groups in total. The Balaban J connectivity index is 2.38. The van der Waals surface area contributed by atoms with Crippen LogP contribution in [0.1, 0.15) is 51.5 Å². The van der Waals surface area contributed by atoms with Crippen LogP contribution in [0.15, 0.2) is 24.3 Å². The molecule has 1 aromatic carbocycles. The number of nitrogens with zero attached hydrogens (tertiary/aromatic N) is 1. The summed E-state index contributed by atoms with van der Waals surface area (Å²) in [6, 6.07) is 6.90. The molecule has 1 heterocycles. The molecule has 6 nitrogen and oxygen atoms in total. The molecule has 2 amide bonds. The summed E-state index contributed by atoms with van der Waals surface area (Å²) in [5, 5.41) is 6.19. The molecule has 0 radical (unpaired) electrons. The van der Waals surface area contributed by atoms with Crippen LogP contribution in [-0.2, 0) is 11.3 Å². The zero-order valence-corrected chi connectivity index (χ0v) is 17.6. The summed E-state index contributed by atoms with van der Waals surface area (Å²) in [4.78, 5) is 29.9. The maximum atomic E-state index is 13.0. The van der Waals surface area contributed by atoms with E-state index in [1.165, 1.54) is 0 Å². The molecule has 150 valence electrons. The van der Waals surface area contributed by atoms with Gasteiger partial charge in [0, 0.05) is 29.9 Å². The third-order valence-electron chi connectivity index (χ3n) is 4.16. The molecule has 1 aromatic heterocycles. The first-order valence-corrected chi connectivity index (χ1v) is 9.46. The second-order valence-electron chi connectivity index (χ2n) is 7.06. The Hall–Kier alpha value is -2.44. The first-order valence-electron chi connectivity index (χ1n) is 9.08. The van der Waals surface area contributed by atoms with Gasteiger partial charge in [0.1, 0.15) is 5.69 Å². The van der Waals surface area contributed by atoms with E-state index in [0.29, 0.717) is 28.5 Å². The minimum absolute atomic E-state index is 0.103. The van der Waals surface area contributed by atoms with Crippen LogP contribution in [0, 0.1) is 19.8 Å². The molecule has 0 aliphatic rings. The molecule has 28 heavy (non-hydrogen) atoms. The first-order chi connectivity index (χ1) is 13.2. The smallest absolute Gasteiger partial charge is 0.270 e. The fourth-order valence-electron chi connectivity index (χ4n) is 2.67. The minimum atomic E-state index is -0.426. The third-order valence-corrected chi connectivity index (χ3v) is 4.51. The van der Waals surface area contributed by atoms with Gasteiger partial charge in [0.25, 0.3) is 11.8 Å². The van der Waals surface area contributed by atoms with Crippen molar-refractivity contribution in [2.45, 2.75) is 34.3 Å². The van der Waals surface area contributed by atoms with Crippen molar-refractivity contribution in [1.82, 2.24) is 10.3 Å². The Labute approximate surface area is 170 Å². The highest BCUT2D eigenvalue weighted by molar-refractivity contribution is 6.32. The number of hydrogen-bond donors (Lipinski definition) is 2. The van der Waals surface area contributed by atoms with Crippen molar-refractivity contribution in [1.29, 1.82) is 0 Å². The van der Waals surface area contributed by atoms with Gasteiger partial charge in [-0.2, -0.15) is 0 Å². The largest absolute Gasteiger partial charge is 0.380 e. The summed E-state index contributed by atoms with van der Waals surface area (Å²) < 4.78 is 5.21. The van der Waals surface area contributed by atoms with Crippen molar-refractivity contribution in [3.05, 3.63) is 57.4 Å². The predicted molar refractivity (Wildman–Crippen MR) is 111 cm³/mol. The van der Waals surface area contributed by atoms with Gasteiger partial charge in [0.05, 0.1) is 17.9 Å². The molecule has 0 atom stereocenters. The standard InChI is InChI=1S/C21H26ClN3O3/c1-12(2)10-23-21(27)19-15(8-7-14(4)24-19)20(26)25-18-13(3)6-9-17(22)16(18)11-28-5/h6-9,12H,10-11H2,1-5H3,(H,23,27)(H,25,26). The molecule has 0 unspecified atom stereocenters. The maximum Gasteiger partial charge on any atom is 0.270 e. The van der Waals surface area contributed by atoms with Gasteiger partial charge in [0.15, 0.2) is 0 Å². The molecule has 0 saturated carbocycles. The van der Waals surface area contributed by atoms with Gasteiger partial charge in [-0.05, 0) is 43.5 Å². The van der Waals surface area contributed by atoms with Crippen molar-refractivity contribution >= 4 is 29.1 Å². The number of pyridine rings is 1. The highest BCUT2D eigenvalue weighted by Gasteiger charge is 2.21. The van der Waals surface area contributed by atoms with Crippen LogP contribution in [0.2, 0.25) is 5.02 Å². The number of hydrogen-bond acceptors (Lipinski definition) is 4. The Morgan fingerprint density at radius 2 is 1.86 bits per heavy atom. The zero-order valence-electron chi connectivity index (χ0n) is 16.9. The minimum Gasteiger partial charge on any atom is -0.380 e. The molecule has 0 aliphatic heterocycles. The number of halogens is 1. The quantitative estimate of drug-likeness (QED) is 0.728. The van der Waals surface area contributed by atoms with E-state index in [1.54, 1.807) is 32.2 Å². The van der Waals surface area contributed by atoms with Gasteiger partial charge in [0.2, 0.25) is 0 Å². The summed E-state index contributed by atoms with van der Waals surface area (Å²) in [6.45, 7) is 8.39. The van der Waals surface area contributed by atoms with E-state index in [4.69, 9.17) is 16.3 Å². The summed E-state index contributed by atoms with van der Waals surface area (Å²) in [5.41, 5.74) is 3.07. The normalized spacial score (nSPS) is 10.8. The molecular formula is C21H26ClN3O3. The molecule has 0 saturated heterocycles. The van der Waals surface area contributed by atoms with Crippen LogP contribution in [-0.4, -0.2) is 30.5 Å². The molecular weight excluding hydrogens is 378 g/mol. The molecule has 2 rings (SSSR count). The van der Waals surface area contributed by atoms with Gasteiger partial charge in [-0.3, -0.25) is 9.59 Å². The zero-order chi connectivity index (χ0) is 20.8. The van der Waals surface area contributed by atoms with Gasteiger partial charge >= 0.3 is 0 Å². The number of amides is 2. The number of anilines is 1. The second kappa shape index (κ2) is 9.66. The lowest BCUT2D eigenvalue weighted by Crippen LogP contribution is -2.30. The van der Waals surface area contributed by atoms with Crippen molar-refractivity contribution < 1.29 is 14.3 Å². The Kier molecular flexibility index (Phi) is 7.54. The van der Waals surface area contributed by atoms with Gasteiger partial charge in [-0.1, -0.05) is 31.5 Å². The van der Waals surface area contributed by atoms with Crippen LogP contribution in [0.5, 0.6) is 0 Å². The molecule has 7 heteroatoms. The highest BCUT2D eigenvalue weighted by Crippen LogP contribution is 2.29. The molecule has 0 fully saturated rings. The van der Waals surface area contributed by atoms with Crippen LogP contribution in [0.25, 0.3) is 0 Å². The van der Waals surface area contributed by atoms with Crippen molar-refractivity contribution in [2.75, 3.05) is 19.0 Å².